The topological polar surface area (TPSA) is 88.5 Å². The number of hydrogen-bond donors (Lipinski definition) is 1. The van der Waals surface area contributed by atoms with Gasteiger partial charge >= 0.3 is 5.97 Å². The van der Waals surface area contributed by atoms with E-state index in [1.54, 1.807) is 7.11 Å². The average Bonchev–Trinajstić information content (AvgIpc) is 3.61. The number of carbonyl (C=O) groups is 2. The van der Waals surface area contributed by atoms with Gasteiger partial charge in [0.25, 0.3) is 0 Å². The lowest BCUT2D eigenvalue weighted by Crippen LogP contribution is -2.45. The van der Waals surface area contributed by atoms with Crippen molar-refractivity contribution in [1.82, 2.24) is 4.90 Å². The van der Waals surface area contributed by atoms with Gasteiger partial charge in [0.2, 0.25) is 12.7 Å². The van der Waals surface area contributed by atoms with E-state index in [0.717, 1.165) is 40.7 Å². The summed E-state index contributed by atoms with van der Waals surface area (Å²) in [6.45, 7) is 4.23. The van der Waals surface area contributed by atoms with Crippen LogP contribution in [0.5, 0.6) is 17.2 Å². The molecule has 3 unspecified atom stereocenters. The third-order valence-corrected chi connectivity index (χ3v) is 8.73. The van der Waals surface area contributed by atoms with Gasteiger partial charge in [0.05, 0.1) is 40.7 Å². The van der Waals surface area contributed by atoms with Gasteiger partial charge in [-0.1, -0.05) is 49.7 Å². The molecule has 0 aliphatic carbocycles. The van der Waals surface area contributed by atoms with E-state index < -0.39 is 17.9 Å². The minimum atomic E-state index is -0.886. The van der Waals surface area contributed by atoms with E-state index in [1.807, 2.05) is 59.5 Å². The number of likely N-dealkylation sites (tertiary alicyclic amines) is 1. The number of fused-ring (bicyclic) bond motifs is 1. The lowest BCUT2D eigenvalue weighted by atomic mass is 9.83. The van der Waals surface area contributed by atoms with E-state index in [0.29, 0.717) is 36.8 Å². The number of amides is 1. The summed E-state index contributed by atoms with van der Waals surface area (Å²) in [5.74, 6) is -0.0402. The molecule has 0 aromatic heterocycles. The van der Waals surface area contributed by atoms with Crippen LogP contribution in [0.2, 0.25) is 0 Å². The van der Waals surface area contributed by atoms with Crippen LogP contribution in [0.3, 0.4) is 0 Å². The molecule has 1 N–H and O–H groups in total. The maximum atomic E-state index is 14.3. The molecule has 3 aromatic rings. The highest BCUT2D eigenvalue weighted by molar-refractivity contribution is 5.95. The van der Waals surface area contributed by atoms with Gasteiger partial charge in [-0.25, -0.2) is 0 Å². The van der Waals surface area contributed by atoms with Crippen LogP contribution in [0, 0.1) is 5.92 Å². The second-order valence-corrected chi connectivity index (χ2v) is 13.1. The van der Waals surface area contributed by atoms with Gasteiger partial charge in [-0.3, -0.25) is 14.5 Å². The normalized spacial score (nSPS) is 19.4. The van der Waals surface area contributed by atoms with Crippen molar-refractivity contribution in [1.29, 1.82) is 0 Å². The summed E-state index contributed by atoms with van der Waals surface area (Å²) in [7, 11) is 8.07. The summed E-state index contributed by atoms with van der Waals surface area (Å²) < 4.78 is 17.6. The fraction of sp³-hybridized carbons (Fsp3) is 0.444. The summed E-state index contributed by atoms with van der Waals surface area (Å²) in [6.07, 6.45) is 2.26. The maximum Gasteiger partial charge on any atom is 0.308 e. The largest absolute Gasteiger partial charge is 0.496 e. The molecule has 1 saturated heterocycles. The van der Waals surface area contributed by atoms with E-state index in [9.17, 15) is 14.7 Å². The number of ether oxygens (including phenoxy) is 3. The molecular formula is C36H46N3O6+. The standard InChI is InChI=1S/C36H45N3O6/c1-6-7-17-38(28-13-10-11-25(18-28)23-39(2,3)4)34(40)22-37-21-29(26-15-16-32-33(20-26)45-24-44-32)35(36(41)42)30(37)19-27-12-8-9-14-31(27)43-5/h8-16,18,20,29-30,35H,6-7,17,19,21-24H2,1-5H3/p+1. The molecule has 9 nitrogen and oxygen atoms in total. The Kier molecular flexibility index (Phi) is 9.99. The van der Waals surface area contributed by atoms with Crippen LogP contribution in [0.1, 0.15) is 42.4 Å². The number of carboxylic acid groups (broad SMARTS) is 1. The summed E-state index contributed by atoms with van der Waals surface area (Å²) in [6, 6.07) is 21.2. The Bertz CT molecular complexity index is 1500. The molecule has 0 spiro atoms. The zero-order chi connectivity index (χ0) is 32.1. The Morgan fingerprint density at radius 3 is 2.53 bits per heavy atom. The number of carbonyl (C=O) groups excluding carboxylic acids is 1. The third-order valence-electron chi connectivity index (χ3n) is 8.73. The fourth-order valence-electron chi connectivity index (χ4n) is 6.67. The highest BCUT2D eigenvalue weighted by Crippen LogP contribution is 2.43. The minimum Gasteiger partial charge on any atom is -0.496 e. The maximum absolute atomic E-state index is 14.3. The van der Waals surface area contributed by atoms with Gasteiger partial charge in [-0.05, 0) is 54.3 Å². The second-order valence-electron chi connectivity index (χ2n) is 13.1. The number of methoxy groups -OCH3 is 1. The number of rotatable bonds is 13. The van der Waals surface area contributed by atoms with E-state index in [4.69, 9.17) is 14.2 Å². The number of quaternary nitrogens is 1. The molecule has 1 fully saturated rings. The quantitative estimate of drug-likeness (QED) is 0.265. The minimum absolute atomic E-state index is 0.0358. The number of carboxylic acids is 1. The van der Waals surface area contributed by atoms with Crippen LogP contribution >= 0.6 is 0 Å². The first-order chi connectivity index (χ1) is 21.6. The summed E-state index contributed by atoms with van der Waals surface area (Å²) in [4.78, 5) is 31.3. The predicted octanol–water partition coefficient (Wildman–Crippen LogP) is 5.17. The lowest BCUT2D eigenvalue weighted by Gasteiger charge is -2.30. The van der Waals surface area contributed by atoms with E-state index >= 15 is 0 Å². The molecular weight excluding hydrogens is 570 g/mol. The van der Waals surface area contributed by atoms with Crippen LogP contribution in [0.15, 0.2) is 66.7 Å². The number of aliphatic carboxylic acids is 1. The number of hydrogen-bond acceptors (Lipinski definition) is 6. The molecule has 3 aromatic carbocycles. The first-order valence-electron chi connectivity index (χ1n) is 15.8. The Labute approximate surface area is 266 Å². The van der Waals surface area contributed by atoms with Crippen molar-refractivity contribution in [2.24, 2.45) is 5.92 Å². The molecule has 2 aliphatic rings. The molecule has 0 radical (unpaired) electrons. The van der Waals surface area contributed by atoms with E-state index in [-0.39, 0.29) is 25.2 Å². The Morgan fingerprint density at radius 2 is 1.80 bits per heavy atom. The number of nitrogens with zero attached hydrogens (tertiary/aromatic N) is 3. The summed E-state index contributed by atoms with van der Waals surface area (Å²) in [5, 5.41) is 10.7. The molecule has 2 aliphatic heterocycles. The van der Waals surface area contributed by atoms with Crippen molar-refractivity contribution in [3.05, 3.63) is 83.4 Å². The van der Waals surface area contributed by atoms with Crippen molar-refractivity contribution in [3.8, 4) is 17.2 Å². The molecule has 0 bridgehead atoms. The third kappa shape index (κ3) is 7.60. The van der Waals surface area contributed by atoms with E-state index in [1.165, 1.54) is 5.56 Å². The van der Waals surface area contributed by atoms with Gasteiger partial charge in [-0.15, -0.1) is 0 Å². The van der Waals surface area contributed by atoms with Gasteiger partial charge in [-0.2, -0.15) is 0 Å². The van der Waals surface area contributed by atoms with E-state index in [2.05, 4.69) is 45.1 Å². The van der Waals surface area contributed by atoms with Crippen molar-refractivity contribution < 1.29 is 33.4 Å². The van der Waals surface area contributed by atoms with Crippen LogP contribution in [0.4, 0.5) is 5.69 Å². The van der Waals surface area contributed by atoms with Gasteiger partial charge in [0, 0.05) is 36.3 Å². The molecule has 45 heavy (non-hydrogen) atoms. The molecule has 0 saturated carbocycles. The first-order valence-corrected chi connectivity index (χ1v) is 15.8. The summed E-state index contributed by atoms with van der Waals surface area (Å²) in [5.41, 5.74) is 3.82. The van der Waals surface area contributed by atoms with Crippen molar-refractivity contribution in [2.75, 3.05) is 59.6 Å². The van der Waals surface area contributed by atoms with Gasteiger partial charge in [0.1, 0.15) is 12.3 Å². The Morgan fingerprint density at radius 1 is 1.02 bits per heavy atom. The molecule has 1 amide bonds. The number of para-hydroxylation sites is 1. The number of anilines is 1. The highest BCUT2D eigenvalue weighted by Gasteiger charge is 2.47. The Balaban J connectivity index is 1.48. The number of benzene rings is 3. The van der Waals surface area contributed by atoms with Crippen molar-refractivity contribution >= 4 is 17.6 Å². The van der Waals surface area contributed by atoms with Crippen LogP contribution < -0.4 is 19.1 Å². The number of unbranched alkanes of at least 4 members (excludes halogenated alkanes) is 1. The van der Waals surface area contributed by atoms with Gasteiger partial charge in [0.15, 0.2) is 11.5 Å². The van der Waals surface area contributed by atoms with Gasteiger partial charge < -0.3 is 28.7 Å². The average molecular weight is 617 g/mol. The van der Waals surface area contributed by atoms with Crippen molar-refractivity contribution in [3.63, 3.8) is 0 Å². The smallest absolute Gasteiger partial charge is 0.308 e. The lowest BCUT2D eigenvalue weighted by molar-refractivity contribution is -0.884. The molecule has 5 rings (SSSR count). The van der Waals surface area contributed by atoms with Crippen LogP contribution in [-0.2, 0) is 22.6 Å². The van der Waals surface area contributed by atoms with Crippen LogP contribution in [-0.4, -0.2) is 87.1 Å². The monoisotopic (exact) mass is 616 g/mol. The zero-order valence-electron chi connectivity index (χ0n) is 27.1. The molecule has 3 atom stereocenters. The second kappa shape index (κ2) is 13.9. The first kappa shape index (κ1) is 32.3. The Hall–Kier alpha value is -4.08. The van der Waals surface area contributed by atoms with Crippen LogP contribution in [0.25, 0.3) is 0 Å². The highest BCUT2D eigenvalue weighted by atomic mass is 16.7. The molecule has 240 valence electrons. The van der Waals surface area contributed by atoms with Crippen molar-refractivity contribution in [2.45, 2.75) is 44.7 Å². The fourth-order valence-corrected chi connectivity index (χ4v) is 6.67. The molecule has 9 heteroatoms. The SMILES string of the molecule is CCCCN(C(=O)CN1CC(c2ccc3c(c2)OCO3)C(C(=O)O)C1Cc1ccccc1OC)c1cccc(C[N+](C)(C)C)c1. The zero-order valence-corrected chi connectivity index (χ0v) is 27.1. The predicted molar refractivity (Wildman–Crippen MR) is 174 cm³/mol. The summed E-state index contributed by atoms with van der Waals surface area (Å²) >= 11 is 0. The molecule has 2 heterocycles.